The molecule has 1 aromatic carbocycles. The van der Waals surface area contributed by atoms with E-state index in [1.165, 1.54) is 12.8 Å². The van der Waals surface area contributed by atoms with E-state index in [9.17, 15) is 10.1 Å². The summed E-state index contributed by atoms with van der Waals surface area (Å²) in [5, 5.41) is 10.9. The molecule has 2 saturated heterocycles. The van der Waals surface area contributed by atoms with Crippen molar-refractivity contribution >= 4 is 23.0 Å². The van der Waals surface area contributed by atoms with Gasteiger partial charge in [0.2, 0.25) is 0 Å². The SMILES string of the molecule is CN1C2CCC1CN(c1ccc([N+](=O)[O-])cc1CCl)CC2. The Kier molecular flexibility index (Phi) is 4.04. The number of fused-ring (bicyclic) bond motifs is 2. The molecule has 21 heavy (non-hydrogen) atoms. The molecule has 0 radical (unpaired) electrons. The first-order valence-corrected chi connectivity index (χ1v) is 7.93. The average molecular weight is 310 g/mol. The van der Waals surface area contributed by atoms with Gasteiger partial charge in [-0.25, -0.2) is 0 Å². The van der Waals surface area contributed by atoms with Crippen molar-refractivity contribution in [1.29, 1.82) is 0 Å². The predicted molar refractivity (Wildman–Crippen MR) is 84.1 cm³/mol. The molecule has 2 atom stereocenters. The van der Waals surface area contributed by atoms with Gasteiger partial charge < -0.3 is 4.90 Å². The van der Waals surface area contributed by atoms with Crippen LogP contribution in [0.4, 0.5) is 11.4 Å². The van der Waals surface area contributed by atoms with E-state index in [0.29, 0.717) is 18.0 Å². The normalized spacial score (nSPS) is 25.9. The Bertz CT molecular complexity index is 552. The molecular weight excluding hydrogens is 290 g/mol. The Balaban J connectivity index is 1.88. The van der Waals surface area contributed by atoms with Crippen LogP contribution < -0.4 is 4.90 Å². The second-order valence-corrected chi connectivity index (χ2v) is 6.26. The molecule has 3 rings (SSSR count). The van der Waals surface area contributed by atoms with Gasteiger partial charge in [0.25, 0.3) is 5.69 Å². The van der Waals surface area contributed by atoms with Crippen molar-refractivity contribution in [3.8, 4) is 0 Å². The summed E-state index contributed by atoms with van der Waals surface area (Å²) in [7, 11) is 2.21. The molecule has 0 spiro atoms. The number of alkyl halides is 1. The highest BCUT2D eigenvalue weighted by Crippen LogP contribution is 2.33. The van der Waals surface area contributed by atoms with Crippen LogP contribution in [-0.4, -0.2) is 42.0 Å². The van der Waals surface area contributed by atoms with Gasteiger partial charge in [-0.05, 0) is 37.9 Å². The van der Waals surface area contributed by atoms with Crippen molar-refractivity contribution in [2.75, 3.05) is 25.0 Å². The lowest BCUT2D eigenvalue weighted by molar-refractivity contribution is -0.384. The molecule has 2 aliphatic rings. The van der Waals surface area contributed by atoms with Crippen LogP contribution in [0, 0.1) is 10.1 Å². The first kappa shape index (κ1) is 14.6. The lowest BCUT2D eigenvalue weighted by atomic mass is 10.1. The van der Waals surface area contributed by atoms with Crippen LogP contribution in [-0.2, 0) is 5.88 Å². The fourth-order valence-corrected chi connectivity index (χ4v) is 3.84. The summed E-state index contributed by atoms with van der Waals surface area (Å²) in [6.45, 7) is 1.97. The number of nitrogens with zero attached hydrogens (tertiary/aromatic N) is 3. The maximum atomic E-state index is 10.9. The van der Waals surface area contributed by atoms with Crippen LogP contribution in [0.15, 0.2) is 18.2 Å². The Morgan fingerprint density at radius 2 is 2.10 bits per heavy atom. The van der Waals surface area contributed by atoms with Gasteiger partial charge in [0, 0.05) is 48.9 Å². The van der Waals surface area contributed by atoms with Gasteiger partial charge in [-0.2, -0.15) is 0 Å². The minimum Gasteiger partial charge on any atom is -0.370 e. The van der Waals surface area contributed by atoms with E-state index >= 15 is 0 Å². The smallest absolute Gasteiger partial charge is 0.269 e. The minimum atomic E-state index is -0.363. The van der Waals surface area contributed by atoms with Crippen LogP contribution in [0.3, 0.4) is 0 Å². The summed E-state index contributed by atoms with van der Waals surface area (Å²) in [6.07, 6.45) is 3.67. The highest BCUT2D eigenvalue weighted by molar-refractivity contribution is 6.17. The number of rotatable bonds is 3. The van der Waals surface area contributed by atoms with Gasteiger partial charge in [0.15, 0.2) is 0 Å². The molecule has 2 fully saturated rings. The van der Waals surface area contributed by atoms with Crippen molar-refractivity contribution in [3.63, 3.8) is 0 Å². The maximum Gasteiger partial charge on any atom is 0.269 e. The number of nitro groups is 1. The Morgan fingerprint density at radius 3 is 2.81 bits per heavy atom. The third kappa shape index (κ3) is 2.72. The topological polar surface area (TPSA) is 49.6 Å². The standard InChI is InChI=1S/C15H20ClN3O2/c1-17-12-2-3-14(17)10-18(7-6-12)15-5-4-13(19(20)21)8-11(15)9-16/h4-5,8,12,14H,2-3,6-7,9-10H2,1H3. The van der Waals surface area contributed by atoms with Crippen molar-refractivity contribution in [1.82, 2.24) is 4.90 Å². The van der Waals surface area contributed by atoms with Crippen molar-refractivity contribution in [2.24, 2.45) is 0 Å². The molecule has 2 bridgehead atoms. The highest BCUT2D eigenvalue weighted by Gasteiger charge is 2.35. The zero-order valence-electron chi connectivity index (χ0n) is 12.2. The van der Waals surface area contributed by atoms with E-state index in [2.05, 4.69) is 16.8 Å². The summed E-state index contributed by atoms with van der Waals surface area (Å²) in [4.78, 5) is 15.4. The number of nitro benzene ring substituents is 1. The van der Waals surface area contributed by atoms with Crippen LogP contribution in [0.2, 0.25) is 0 Å². The fourth-order valence-electron chi connectivity index (χ4n) is 3.63. The van der Waals surface area contributed by atoms with E-state index in [0.717, 1.165) is 30.8 Å². The Morgan fingerprint density at radius 1 is 1.33 bits per heavy atom. The van der Waals surface area contributed by atoms with Crippen molar-refractivity contribution in [2.45, 2.75) is 37.2 Å². The number of hydrogen-bond donors (Lipinski definition) is 0. The van der Waals surface area contributed by atoms with E-state index in [1.807, 2.05) is 6.07 Å². The van der Waals surface area contributed by atoms with Crippen LogP contribution >= 0.6 is 11.6 Å². The summed E-state index contributed by atoms with van der Waals surface area (Å²) in [6, 6.07) is 6.30. The summed E-state index contributed by atoms with van der Waals surface area (Å²) < 4.78 is 0. The predicted octanol–water partition coefficient (Wildman–Crippen LogP) is 3.01. The first-order chi connectivity index (χ1) is 10.1. The quantitative estimate of drug-likeness (QED) is 0.489. The lowest BCUT2D eigenvalue weighted by Crippen LogP contribution is -2.36. The van der Waals surface area contributed by atoms with Crippen molar-refractivity contribution < 1.29 is 4.92 Å². The Labute approximate surface area is 129 Å². The largest absolute Gasteiger partial charge is 0.370 e. The molecule has 0 amide bonds. The number of non-ortho nitro benzene ring substituents is 1. The second-order valence-electron chi connectivity index (χ2n) is 5.99. The summed E-state index contributed by atoms with van der Waals surface area (Å²) in [5.74, 6) is 0.303. The first-order valence-electron chi connectivity index (χ1n) is 7.40. The molecular formula is C15H20ClN3O2. The molecule has 1 aromatic rings. The van der Waals surface area contributed by atoms with Crippen molar-refractivity contribution in [3.05, 3.63) is 33.9 Å². The monoisotopic (exact) mass is 309 g/mol. The van der Waals surface area contributed by atoms with Gasteiger partial charge in [-0.15, -0.1) is 11.6 Å². The molecule has 0 aliphatic carbocycles. The number of halogens is 1. The van der Waals surface area contributed by atoms with Gasteiger partial charge in [-0.1, -0.05) is 0 Å². The van der Waals surface area contributed by atoms with Gasteiger partial charge in [-0.3, -0.25) is 15.0 Å². The number of benzene rings is 1. The van der Waals surface area contributed by atoms with E-state index in [4.69, 9.17) is 11.6 Å². The molecule has 6 heteroatoms. The molecule has 0 N–H and O–H groups in total. The number of anilines is 1. The number of hydrogen-bond acceptors (Lipinski definition) is 4. The highest BCUT2D eigenvalue weighted by atomic mass is 35.5. The second kappa shape index (κ2) is 5.81. The number of likely N-dealkylation sites (N-methyl/N-ethyl adjacent to an activating group) is 1. The molecule has 2 heterocycles. The van der Waals surface area contributed by atoms with Crippen LogP contribution in [0.5, 0.6) is 0 Å². The van der Waals surface area contributed by atoms with Crippen LogP contribution in [0.1, 0.15) is 24.8 Å². The molecule has 2 aliphatic heterocycles. The molecule has 114 valence electrons. The maximum absolute atomic E-state index is 10.9. The average Bonchev–Trinajstić information content (AvgIpc) is 2.71. The lowest BCUT2D eigenvalue weighted by Gasteiger charge is -2.29. The zero-order valence-corrected chi connectivity index (χ0v) is 12.9. The zero-order chi connectivity index (χ0) is 15.0. The van der Waals surface area contributed by atoms with E-state index < -0.39 is 0 Å². The van der Waals surface area contributed by atoms with E-state index in [-0.39, 0.29) is 10.6 Å². The fraction of sp³-hybridized carbons (Fsp3) is 0.600. The molecule has 5 nitrogen and oxygen atoms in total. The molecule has 0 aromatic heterocycles. The van der Waals surface area contributed by atoms with E-state index in [1.54, 1.807) is 12.1 Å². The third-order valence-corrected chi connectivity index (χ3v) is 5.19. The van der Waals surface area contributed by atoms with Gasteiger partial charge >= 0.3 is 0 Å². The summed E-state index contributed by atoms with van der Waals surface area (Å²) in [5.41, 5.74) is 2.02. The summed E-state index contributed by atoms with van der Waals surface area (Å²) >= 11 is 6.02. The van der Waals surface area contributed by atoms with Gasteiger partial charge in [0.05, 0.1) is 4.92 Å². The van der Waals surface area contributed by atoms with Crippen LogP contribution in [0.25, 0.3) is 0 Å². The molecule has 2 unspecified atom stereocenters. The molecule has 0 saturated carbocycles. The van der Waals surface area contributed by atoms with Gasteiger partial charge in [0.1, 0.15) is 0 Å². The minimum absolute atomic E-state index is 0.114. The third-order valence-electron chi connectivity index (χ3n) is 4.91. The Hall–Kier alpha value is -1.33.